The minimum Gasteiger partial charge on any atom is -0.345 e. The van der Waals surface area contributed by atoms with Gasteiger partial charge < -0.3 is 4.98 Å². The molecule has 0 saturated carbocycles. The first-order valence-corrected chi connectivity index (χ1v) is 6.73. The molecule has 0 fully saturated rings. The van der Waals surface area contributed by atoms with Gasteiger partial charge in [0.15, 0.2) is 0 Å². The molecule has 2 aromatic carbocycles. The van der Waals surface area contributed by atoms with Crippen molar-refractivity contribution in [1.29, 1.82) is 0 Å². The molecule has 7 heteroatoms. The van der Waals surface area contributed by atoms with Crippen molar-refractivity contribution in [1.82, 2.24) is 15.4 Å². The molecule has 0 aliphatic rings. The summed E-state index contributed by atoms with van der Waals surface area (Å²) in [7, 11) is 0. The molecular formula is C15H10ClFN4O. The number of rotatable bonds is 3. The number of hydrogen-bond acceptors (Lipinski definition) is 3. The summed E-state index contributed by atoms with van der Waals surface area (Å²) in [5.74, 6) is -0.926. The number of amides is 1. The third kappa shape index (κ3) is 2.82. The first kappa shape index (κ1) is 14.2. The van der Waals surface area contributed by atoms with Crippen molar-refractivity contribution in [3.63, 3.8) is 0 Å². The van der Waals surface area contributed by atoms with Gasteiger partial charge in [0.2, 0.25) is 0 Å². The van der Waals surface area contributed by atoms with Gasteiger partial charge in [-0.15, -0.1) is 0 Å². The average molecular weight is 317 g/mol. The maximum atomic E-state index is 13.5. The third-order valence-corrected chi connectivity index (χ3v) is 3.37. The maximum Gasteiger partial charge on any atom is 0.271 e. The Hall–Kier alpha value is -2.73. The van der Waals surface area contributed by atoms with Gasteiger partial charge in [-0.25, -0.2) is 14.8 Å². The summed E-state index contributed by atoms with van der Waals surface area (Å²) < 4.78 is 13.5. The van der Waals surface area contributed by atoms with Crippen LogP contribution in [0.3, 0.4) is 0 Å². The molecule has 1 amide bonds. The van der Waals surface area contributed by atoms with Crippen LogP contribution in [-0.4, -0.2) is 22.1 Å². The van der Waals surface area contributed by atoms with Crippen molar-refractivity contribution in [2.24, 2.45) is 5.10 Å². The highest BCUT2D eigenvalue weighted by Crippen LogP contribution is 2.16. The highest BCUT2D eigenvalue weighted by molar-refractivity contribution is 6.33. The van der Waals surface area contributed by atoms with Crippen LogP contribution in [0.1, 0.15) is 15.9 Å². The SMILES string of the molecule is O=C(N/N=C/c1c(F)cccc1Cl)c1ccc2nc[nH]c2c1. The Bertz CT molecular complexity index is 855. The lowest BCUT2D eigenvalue weighted by Crippen LogP contribution is -2.17. The molecule has 0 radical (unpaired) electrons. The van der Waals surface area contributed by atoms with Crippen LogP contribution in [-0.2, 0) is 0 Å². The second-order valence-electron chi connectivity index (χ2n) is 4.47. The number of hydrazone groups is 1. The Morgan fingerprint density at radius 3 is 3.05 bits per heavy atom. The molecule has 0 atom stereocenters. The molecule has 1 aromatic heterocycles. The van der Waals surface area contributed by atoms with Crippen molar-refractivity contribution >= 4 is 34.8 Å². The van der Waals surface area contributed by atoms with Crippen molar-refractivity contribution in [2.75, 3.05) is 0 Å². The average Bonchev–Trinajstić information content (AvgIpc) is 2.97. The molecule has 22 heavy (non-hydrogen) atoms. The van der Waals surface area contributed by atoms with Gasteiger partial charge in [0.05, 0.1) is 28.6 Å². The molecule has 110 valence electrons. The summed E-state index contributed by atoms with van der Waals surface area (Å²) in [5, 5.41) is 3.95. The minimum absolute atomic E-state index is 0.119. The molecule has 5 nitrogen and oxygen atoms in total. The van der Waals surface area contributed by atoms with Crippen LogP contribution in [0.15, 0.2) is 47.8 Å². The Morgan fingerprint density at radius 2 is 2.23 bits per heavy atom. The van der Waals surface area contributed by atoms with Crippen LogP contribution in [0.4, 0.5) is 4.39 Å². The van der Waals surface area contributed by atoms with E-state index in [1.165, 1.54) is 18.3 Å². The number of H-pyrrole nitrogens is 1. The second-order valence-corrected chi connectivity index (χ2v) is 4.88. The number of carbonyl (C=O) groups is 1. The number of carbonyl (C=O) groups excluding carboxylic acids is 1. The highest BCUT2D eigenvalue weighted by atomic mass is 35.5. The third-order valence-electron chi connectivity index (χ3n) is 3.04. The molecule has 3 aromatic rings. The maximum absolute atomic E-state index is 13.5. The smallest absolute Gasteiger partial charge is 0.271 e. The minimum atomic E-state index is -0.510. The molecule has 3 rings (SSSR count). The standard InChI is InChI=1S/C15H10ClFN4O/c16-11-2-1-3-12(17)10(11)7-20-21-15(22)9-4-5-13-14(6-9)19-8-18-13/h1-8H,(H,18,19)(H,21,22)/b20-7+. The summed E-state index contributed by atoms with van der Waals surface area (Å²) in [6.07, 6.45) is 2.72. The highest BCUT2D eigenvalue weighted by Gasteiger charge is 2.07. The monoisotopic (exact) mass is 316 g/mol. The molecule has 0 aliphatic heterocycles. The second kappa shape index (κ2) is 5.95. The quantitative estimate of drug-likeness (QED) is 0.575. The number of imidazole rings is 1. The van der Waals surface area contributed by atoms with Gasteiger partial charge in [0.1, 0.15) is 5.82 Å². The van der Waals surface area contributed by atoms with Crippen LogP contribution >= 0.6 is 11.6 Å². The lowest BCUT2D eigenvalue weighted by atomic mass is 10.2. The molecule has 0 bridgehead atoms. The van der Waals surface area contributed by atoms with Gasteiger partial charge in [-0.1, -0.05) is 17.7 Å². The number of nitrogens with zero attached hydrogens (tertiary/aromatic N) is 2. The summed E-state index contributed by atoms with van der Waals surface area (Å²) >= 11 is 5.86. The topological polar surface area (TPSA) is 70.1 Å². The van der Waals surface area contributed by atoms with Gasteiger partial charge in [0.25, 0.3) is 5.91 Å². The zero-order valence-corrected chi connectivity index (χ0v) is 11.9. The van der Waals surface area contributed by atoms with E-state index < -0.39 is 11.7 Å². The number of halogens is 2. The normalized spacial score (nSPS) is 11.2. The summed E-state index contributed by atoms with van der Waals surface area (Å²) in [5.41, 5.74) is 4.37. The molecule has 0 aliphatic carbocycles. The fourth-order valence-corrected chi connectivity index (χ4v) is 2.14. The lowest BCUT2D eigenvalue weighted by molar-refractivity contribution is 0.0955. The van der Waals surface area contributed by atoms with E-state index in [0.29, 0.717) is 5.56 Å². The predicted octanol–water partition coefficient (Wildman–Crippen LogP) is 3.12. The van der Waals surface area contributed by atoms with E-state index in [9.17, 15) is 9.18 Å². The van der Waals surface area contributed by atoms with Crippen LogP contribution in [0.25, 0.3) is 11.0 Å². The van der Waals surface area contributed by atoms with E-state index in [-0.39, 0.29) is 10.6 Å². The van der Waals surface area contributed by atoms with Crippen molar-refractivity contribution in [2.45, 2.75) is 0 Å². The van der Waals surface area contributed by atoms with Gasteiger partial charge in [-0.3, -0.25) is 4.79 Å². The lowest BCUT2D eigenvalue weighted by Gasteiger charge is -2.01. The number of aromatic amines is 1. The molecule has 2 N–H and O–H groups in total. The molecule has 0 unspecified atom stereocenters. The van der Waals surface area contributed by atoms with E-state index in [1.807, 2.05) is 0 Å². The predicted molar refractivity (Wildman–Crippen MR) is 82.6 cm³/mol. The van der Waals surface area contributed by atoms with E-state index in [1.54, 1.807) is 30.6 Å². The first-order valence-electron chi connectivity index (χ1n) is 6.36. The summed E-state index contributed by atoms with van der Waals surface area (Å²) in [4.78, 5) is 19.0. The Labute approximate surface area is 129 Å². The van der Waals surface area contributed by atoms with Gasteiger partial charge in [-0.2, -0.15) is 5.10 Å². The van der Waals surface area contributed by atoms with Crippen LogP contribution in [0.2, 0.25) is 5.02 Å². The summed E-state index contributed by atoms with van der Waals surface area (Å²) in [6, 6.07) is 9.31. The van der Waals surface area contributed by atoms with Crippen LogP contribution in [0.5, 0.6) is 0 Å². The van der Waals surface area contributed by atoms with Crippen molar-refractivity contribution in [3.05, 3.63) is 64.7 Å². The first-order chi connectivity index (χ1) is 10.6. The fourth-order valence-electron chi connectivity index (χ4n) is 1.93. The van der Waals surface area contributed by atoms with Gasteiger partial charge in [-0.05, 0) is 30.3 Å². The van der Waals surface area contributed by atoms with Crippen molar-refractivity contribution < 1.29 is 9.18 Å². The Morgan fingerprint density at radius 1 is 1.36 bits per heavy atom. The Kier molecular flexibility index (Phi) is 3.84. The van der Waals surface area contributed by atoms with E-state index in [2.05, 4.69) is 20.5 Å². The summed E-state index contributed by atoms with van der Waals surface area (Å²) in [6.45, 7) is 0. The molecular weight excluding hydrogens is 307 g/mol. The van der Waals surface area contributed by atoms with E-state index in [0.717, 1.165) is 11.0 Å². The van der Waals surface area contributed by atoms with Crippen LogP contribution < -0.4 is 5.43 Å². The van der Waals surface area contributed by atoms with E-state index >= 15 is 0 Å². The number of benzene rings is 2. The fraction of sp³-hybridized carbons (Fsp3) is 0. The zero-order valence-electron chi connectivity index (χ0n) is 11.2. The Balaban J connectivity index is 1.75. The van der Waals surface area contributed by atoms with Gasteiger partial charge >= 0.3 is 0 Å². The number of nitrogens with one attached hydrogen (secondary N) is 2. The number of hydrogen-bond donors (Lipinski definition) is 2. The molecule has 0 saturated heterocycles. The van der Waals surface area contributed by atoms with Crippen LogP contribution in [0, 0.1) is 5.82 Å². The molecule has 1 heterocycles. The largest absolute Gasteiger partial charge is 0.345 e. The van der Waals surface area contributed by atoms with Crippen molar-refractivity contribution in [3.8, 4) is 0 Å². The number of aromatic nitrogens is 2. The zero-order chi connectivity index (χ0) is 15.5. The number of fused-ring (bicyclic) bond motifs is 1. The van der Waals surface area contributed by atoms with E-state index in [4.69, 9.17) is 11.6 Å². The van der Waals surface area contributed by atoms with Gasteiger partial charge in [0, 0.05) is 11.1 Å². The molecule has 0 spiro atoms.